The van der Waals surface area contributed by atoms with E-state index in [1.807, 2.05) is 36.7 Å². The molecule has 0 aliphatic carbocycles. The summed E-state index contributed by atoms with van der Waals surface area (Å²) in [4.78, 5) is 26.4. The Morgan fingerprint density at radius 1 is 0.814 bits per heavy atom. The van der Waals surface area contributed by atoms with E-state index in [1.54, 1.807) is 0 Å². The van der Waals surface area contributed by atoms with E-state index in [-0.39, 0.29) is 24.5 Å². The Bertz CT molecular complexity index is 1090. The molecule has 0 spiro atoms. The van der Waals surface area contributed by atoms with Gasteiger partial charge in [0.2, 0.25) is 5.91 Å². The van der Waals surface area contributed by atoms with Crippen LogP contribution in [0.1, 0.15) is 142 Å². The molecule has 0 saturated heterocycles. The minimum atomic E-state index is -0.636. The average molecular weight is 596 g/mol. The molecule has 0 bridgehead atoms. The topological polar surface area (TPSA) is 59.7 Å². The third-order valence-corrected chi connectivity index (χ3v) is 7.81. The highest BCUT2D eigenvalue weighted by Crippen LogP contribution is 2.33. The van der Waals surface area contributed by atoms with Crippen molar-refractivity contribution in [1.29, 1.82) is 0 Å². The normalized spacial score (nSPS) is 11.4. The number of hydrogen-bond acceptors (Lipinski definition) is 4. The zero-order valence-corrected chi connectivity index (χ0v) is 28.1. The highest BCUT2D eigenvalue weighted by molar-refractivity contribution is 5.90. The van der Waals surface area contributed by atoms with E-state index in [2.05, 4.69) is 45.3 Å². The van der Waals surface area contributed by atoms with Crippen molar-refractivity contribution in [2.75, 3.05) is 6.61 Å². The number of unbranched alkanes of at least 4 members (excludes halogenated alkanes) is 11. The Hall–Kier alpha value is -2.89. The number of nitrogens with zero attached hydrogens (tertiary/aromatic N) is 2. The molecule has 1 heterocycles. The van der Waals surface area contributed by atoms with E-state index in [9.17, 15) is 9.59 Å². The Morgan fingerprint density at radius 3 is 2.02 bits per heavy atom. The summed E-state index contributed by atoms with van der Waals surface area (Å²) in [6.07, 6.45) is 20.2. The molecule has 1 aromatic heterocycles. The Kier molecular flexibility index (Phi) is 17.0. The first-order chi connectivity index (χ1) is 20.7. The van der Waals surface area contributed by atoms with Crippen molar-refractivity contribution < 1.29 is 23.6 Å². The summed E-state index contributed by atoms with van der Waals surface area (Å²) in [5, 5.41) is 0. The van der Waals surface area contributed by atoms with Crippen LogP contribution in [0.2, 0.25) is 0 Å². The Morgan fingerprint density at radius 2 is 1.44 bits per heavy atom. The first-order valence-electron chi connectivity index (χ1n) is 16.8. The van der Waals surface area contributed by atoms with Crippen molar-refractivity contribution >= 4 is 12.0 Å². The van der Waals surface area contributed by atoms with Crippen LogP contribution in [0.3, 0.4) is 0 Å². The van der Waals surface area contributed by atoms with Crippen molar-refractivity contribution in [3.63, 3.8) is 0 Å². The zero-order chi connectivity index (χ0) is 31.5. The largest absolute Gasteiger partial charge is 0.493 e. The van der Waals surface area contributed by atoms with Gasteiger partial charge in [0.25, 0.3) is 0 Å². The SMILES string of the molecule is CCCCCCCCCCCCCCOc1ccc(COC(=O)N(Cc2ccc[n+](CCC)c2)C(C)=O)cc1C(C)(C)C. The van der Waals surface area contributed by atoms with Gasteiger partial charge >= 0.3 is 6.09 Å². The molecule has 0 N–H and O–H groups in total. The van der Waals surface area contributed by atoms with E-state index < -0.39 is 6.09 Å². The van der Waals surface area contributed by atoms with Crippen LogP contribution < -0.4 is 9.30 Å². The lowest BCUT2D eigenvalue weighted by Gasteiger charge is -2.24. The molecule has 43 heavy (non-hydrogen) atoms. The number of ether oxygens (including phenoxy) is 2. The van der Waals surface area contributed by atoms with Gasteiger partial charge < -0.3 is 9.47 Å². The van der Waals surface area contributed by atoms with E-state index >= 15 is 0 Å². The summed E-state index contributed by atoms with van der Waals surface area (Å²) in [5.74, 6) is 0.549. The second-order valence-electron chi connectivity index (χ2n) is 12.9. The number of amides is 2. The molecule has 2 amide bonds. The molecule has 240 valence electrons. The molecule has 6 nitrogen and oxygen atoms in total. The maximum atomic E-state index is 12.9. The van der Waals surface area contributed by atoms with Crippen molar-refractivity contribution in [3.05, 3.63) is 59.4 Å². The predicted octanol–water partition coefficient (Wildman–Crippen LogP) is 9.45. The van der Waals surface area contributed by atoms with Crippen LogP contribution in [-0.4, -0.2) is 23.5 Å². The quantitative estimate of drug-likeness (QED) is 0.113. The molecule has 0 fully saturated rings. The van der Waals surface area contributed by atoms with E-state index in [4.69, 9.17) is 9.47 Å². The maximum Gasteiger partial charge on any atom is 0.417 e. The van der Waals surface area contributed by atoms with Crippen LogP contribution in [-0.2, 0) is 34.6 Å². The number of carbonyl (C=O) groups is 2. The van der Waals surface area contributed by atoms with Crippen LogP contribution in [0, 0.1) is 0 Å². The second-order valence-corrected chi connectivity index (χ2v) is 12.9. The average Bonchev–Trinajstić information content (AvgIpc) is 2.97. The van der Waals surface area contributed by atoms with Gasteiger partial charge in [0.05, 0.1) is 13.2 Å². The van der Waals surface area contributed by atoms with Gasteiger partial charge in [-0.05, 0) is 41.2 Å². The number of carbonyl (C=O) groups excluding carboxylic acids is 2. The fourth-order valence-electron chi connectivity index (χ4n) is 5.28. The number of benzene rings is 1. The van der Waals surface area contributed by atoms with Gasteiger partial charge in [-0.15, -0.1) is 0 Å². The fraction of sp³-hybridized carbons (Fsp3) is 0.649. The lowest BCUT2D eigenvalue weighted by atomic mass is 9.85. The molecule has 0 aliphatic heterocycles. The molecule has 1 aromatic carbocycles. The van der Waals surface area contributed by atoms with Crippen molar-refractivity contribution in [1.82, 2.24) is 4.90 Å². The minimum Gasteiger partial charge on any atom is -0.493 e. The standard InChI is InChI=1S/C37H59N2O4/c1-7-9-10-11-12-13-14-15-16-17-18-19-26-42-35-23-22-32(27-34(35)37(4,5)6)30-43-36(41)39(31(3)40)29-33-21-20-25-38(28-33)24-8-2/h20-23,25,27-28H,7-19,24,26,29-30H2,1-6H3/q+1. The fourth-order valence-corrected chi connectivity index (χ4v) is 5.28. The molecule has 0 saturated carbocycles. The first kappa shape index (κ1) is 36.3. The smallest absolute Gasteiger partial charge is 0.417 e. The molecule has 6 heteroatoms. The predicted molar refractivity (Wildman–Crippen MR) is 175 cm³/mol. The number of aryl methyl sites for hydroxylation is 1. The number of rotatable bonds is 20. The summed E-state index contributed by atoms with van der Waals surface area (Å²) in [5.41, 5.74) is 2.72. The molecular formula is C37H59N2O4+. The van der Waals surface area contributed by atoms with Gasteiger partial charge in [-0.1, -0.05) is 111 Å². The molecule has 0 unspecified atom stereocenters. The minimum absolute atomic E-state index is 0.0926. The summed E-state index contributed by atoms with van der Waals surface area (Å²) in [6, 6.07) is 9.85. The number of aromatic nitrogens is 1. The molecule has 0 radical (unpaired) electrons. The highest BCUT2D eigenvalue weighted by atomic mass is 16.6. The summed E-state index contributed by atoms with van der Waals surface area (Å²) < 4.78 is 13.9. The second kappa shape index (κ2) is 20.1. The van der Waals surface area contributed by atoms with Gasteiger partial charge in [-0.2, -0.15) is 0 Å². The van der Waals surface area contributed by atoms with Crippen LogP contribution >= 0.6 is 0 Å². The molecular weight excluding hydrogens is 536 g/mol. The van der Waals surface area contributed by atoms with Crippen LogP contribution in [0.4, 0.5) is 4.79 Å². The highest BCUT2D eigenvalue weighted by Gasteiger charge is 2.23. The maximum absolute atomic E-state index is 12.9. The van der Waals surface area contributed by atoms with Crippen molar-refractivity contribution in [3.8, 4) is 5.75 Å². The first-order valence-corrected chi connectivity index (χ1v) is 16.8. The summed E-state index contributed by atoms with van der Waals surface area (Å²) in [7, 11) is 0. The lowest BCUT2D eigenvalue weighted by Crippen LogP contribution is -2.37. The summed E-state index contributed by atoms with van der Waals surface area (Å²) >= 11 is 0. The monoisotopic (exact) mass is 595 g/mol. The number of imide groups is 1. The molecule has 2 rings (SSSR count). The summed E-state index contributed by atoms with van der Waals surface area (Å²) in [6.45, 7) is 14.1. The van der Waals surface area contributed by atoms with Gasteiger partial charge in [-0.25, -0.2) is 14.3 Å². The van der Waals surface area contributed by atoms with Crippen LogP contribution in [0.25, 0.3) is 0 Å². The molecule has 0 aliphatic rings. The van der Waals surface area contributed by atoms with Crippen LogP contribution in [0.15, 0.2) is 42.7 Å². The van der Waals surface area contributed by atoms with Crippen molar-refractivity contribution in [2.24, 2.45) is 0 Å². The Balaban J connectivity index is 1.82. The van der Waals surface area contributed by atoms with Gasteiger partial charge in [0.15, 0.2) is 12.4 Å². The number of pyridine rings is 1. The number of hydrogen-bond donors (Lipinski definition) is 0. The molecule has 0 atom stereocenters. The molecule has 2 aromatic rings. The van der Waals surface area contributed by atoms with Crippen molar-refractivity contribution in [2.45, 2.75) is 150 Å². The Labute approximate surface area is 262 Å². The zero-order valence-electron chi connectivity index (χ0n) is 28.1. The van der Waals surface area contributed by atoms with E-state index in [1.165, 1.54) is 77.6 Å². The van der Waals surface area contributed by atoms with Gasteiger partial charge in [-0.3, -0.25) is 4.79 Å². The van der Waals surface area contributed by atoms with E-state index in [0.29, 0.717) is 6.61 Å². The third-order valence-electron chi connectivity index (χ3n) is 7.81. The van der Waals surface area contributed by atoms with E-state index in [0.717, 1.165) is 46.7 Å². The lowest BCUT2D eigenvalue weighted by molar-refractivity contribution is -0.697. The van der Waals surface area contributed by atoms with Gasteiger partial charge in [0, 0.05) is 25.0 Å². The third kappa shape index (κ3) is 14.4. The van der Waals surface area contributed by atoms with Crippen LogP contribution in [0.5, 0.6) is 5.75 Å². The van der Waals surface area contributed by atoms with Gasteiger partial charge in [0.1, 0.15) is 18.9 Å².